The zero-order chi connectivity index (χ0) is 11.2. The molecule has 1 aromatic rings. The molecule has 1 heterocycles. The summed E-state index contributed by atoms with van der Waals surface area (Å²) in [7, 11) is 0. The van der Waals surface area contributed by atoms with E-state index < -0.39 is 5.97 Å². The minimum Gasteiger partial charge on any atom is -0.481 e. The molecule has 2 rings (SSSR count). The van der Waals surface area contributed by atoms with Crippen molar-refractivity contribution in [3.05, 3.63) is 29.0 Å². The van der Waals surface area contributed by atoms with Crippen molar-refractivity contribution >= 4 is 17.6 Å². The van der Waals surface area contributed by atoms with Crippen LogP contribution in [0.15, 0.2) is 18.3 Å². The van der Waals surface area contributed by atoms with Crippen molar-refractivity contribution < 1.29 is 9.90 Å². The van der Waals surface area contributed by atoms with Gasteiger partial charge >= 0.3 is 5.97 Å². The Bertz CT molecular complexity index is 417. The average molecular weight is 226 g/mol. The van der Waals surface area contributed by atoms with Gasteiger partial charge < -0.3 is 5.11 Å². The number of carboxylic acids is 1. The predicted molar refractivity (Wildman–Crippen MR) is 56.9 cm³/mol. The lowest BCUT2D eigenvalue weighted by atomic mass is 10.1. The van der Waals surface area contributed by atoms with E-state index in [0.717, 1.165) is 5.56 Å². The monoisotopic (exact) mass is 225 g/mol. The summed E-state index contributed by atoms with van der Waals surface area (Å²) in [5.41, 5.74) is 0.620. The van der Waals surface area contributed by atoms with Gasteiger partial charge in [-0.2, -0.15) is 0 Å². The summed E-state index contributed by atoms with van der Waals surface area (Å²) >= 11 is 5.95. The summed E-state index contributed by atoms with van der Waals surface area (Å²) in [6, 6.07) is 3.64. The van der Waals surface area contributed by atoms with E-state index in [4.69, 9.17) is 16.7 Å². The summed E-state index contributed by atoms with van der Waals surface area (Å²) in [5.74, 6) is -1.12. The molecule has 80 valence electrons. The molecule has 0 aliphatic heterocycles. The van der Waals surface area contributed by atoms with Crippen molar-refractivity contribution in [2.24, 2.45) is 11.3 Å². The van der Waals surface area contributed by atoms with Gasteiger partial charge in [0.05, 0.1) is 5.92 Å². The van der Waals surface area contributed by atoms with Crippen LogP contribution >= 0.6 is 11.6 Å². The van der Waals surface area contributed by atoms with E-state index in [9.17, 15) is 4.79 Å². The van der Waals surface area contributed by atoms with Gasteiger partial charge in [0, 0.05) is 12.1 Å². The van der Waals surface area contributed by atoms with Crippen molar-refractivity contribution in [1.29, 1.82) is 0 Å². The Kier molecular flexibility index (Phi) is 2.23. The first kappa shape index (κ1) is 10.4. The lowest BCUT2D eigenvalue weighted by Gasteiger charge is -2.03. The van der Waals surface area contributed by atoms with E-state index in [-0.39, 0.29) is 17.3 Å². The van der Waals surface area contributed by atoms with Crippen LogP contribution in [0.25, 0.3) is 0 Å². The number of pyridine rings is 1. The Labute approximate surface area is 93.1 Å². The number of halogens is 1. The highest BCUT2D eigenvalue weighted by Crippen LogP contribution is 2.65. The molecule has 1 aliphatic carbocycles. The Hall–Kier alpha value is -1.09. The molecule has 0 amide bonds. The van der Waals surface area contributed by atoms with Gasteiger partial charge in [-0.15, -0.1) is 0 Å². The van der Waals surface area contributed by atoms with Gasteiger partial charge in [-0.1, -0.05) is 31.5 Å². The second-order valence-corrected chi connectivity index (χ2v) is 4.86. The average Bonchev–Trinajstić information content (AvgIpc) is 2.70. The summed E-state index contributed by atoms with van der Waals surface area (Å²) in [6.07, 6.45) is 1.61. The van der Waals surface area contributed by atoms with E-state index in [0.29, 0.717) is 5.15 Å². The topological polar surface area (TPSA) is 50.2 Å². The first-order chi connectivity index (χ1) is 6.96. The van der Waals surface area contributed by atoms with Crippen molar-refractivity contribution in [3.63, 3.8) is 0 Å². The molecular formula is C11H12ClNO2. The van der Waals surface area contributed by atoms with E-state index in [1.54, 1.807) is 12.3 Å². The summed E-state index contributed by atoms with van der Waals surface area (Å²) in [6.45, 7) is 3.89. The van der Waals surface area contributed by atoms with E-state index in [1.807, 2.05) is 19.9 Å². The number of rotatable bonds is 2. The molecular weight excluding hydrogens is 214 g/mol. The molecule has 0 bridgehead atoms. The van der Waals surface area contributed by atoms with Gasteiger partial charge in [0.1, 0.15) is 5.15 Å². The molecule has 2 atom stereocenters. The van der Waals surface area contributed by atoms with Crippen LogP contribution in [0.5, 0.6) is 0 Å². The number of aliphatic carboxylic acids is 1. The molecule has 0 radical (unpaired) electrons. The second kappa shape index (κ2) is 3.20. The molecule has 0 aromatic carbocycles. The van der Waals surface area contributed by atoms with Gasteiger partial charge in [0.25, 0.3) is 0 Å². The molecule has 15 heavy (non-hydrogen) atoms. The van der Waals surface area contributed by atoms with Crippen LogP contribution in [0.4, 0.5) is 0 Å². The molecule has 1 N–H and O–H groups in total. The van der Waals surface area contributed by atoms with Crippen LogP contribution in [0, 0.1) is 11.3 Å². The van der Waals surface area contributed by atoms with Crippen LogP contribution in [0.3, 0.4) is 0 Å². The minimum absolute atomic E-state index is 0.0174. The lowest BCUT2D eigenvalue weighted by Crippen LogP contribution is -2.03. The number of hydrogen-bond donors (Lipinski definition) is 1. The Morgan fingerprint density at radius 2 is 2.27 bits per heavy atom. The van der Waals surface area contributed by atoms with Crippen molar-refractivity contribution in [2.75, 3.05) is 0 Å². The minimum atomic E-state index is -0.759. The third-order valence-electron chi connectivity index (χ3n) is 3.22. The highest BCUT2D eigenvalue weighted by atomic mass is 35.5. The standard InChI is InChI=1S/C11H12ClNO2/c1-11(2)7(8(11)10(14)15)6-4-3-5-13-9(6)12/h3-5,7-8H,1-2H3,(H,14,15)/t7-,8+/m1/s1. The van der Waals surface area contributed by atoms with Gasteiger partial charge in [-0.05, 0) is 17.0 Å². The summed E-state index contributed by atoms with van der Waals surface area (Å²) in [4.78, 5) is 15.0. The first-order valence-corrected chi connectivity index (χ1v) is 5.17. The summed E-state index contributed by atoms with van der Waals surface area (Å²) in [5, 5.41) is 9.46. The van der Waals surface area contributed by atoms with E-state index in [2.05, 4.69) is 4.98 Å². The maximum absolute atomic E-state index is 11.0. The van der Waals surface area contributed by atoms with Gasteiger partial charge in [-0.25, -0.2) is 4.98 Å². The fourth-order valence-electron chi connectivity index (χ4n) is 2.31. The first-order valence-electron chi connectivity index (χ1n) is 4.79. The van der Waals surface area contributed by atoms with E-state index in [1.165, 1.54) is 0 Å². The molecule has 1 aliphatic rings. The van der Waals surface area contributed by atoms with Gasteiger partial charge in [0.2, 0.25) is 0 Å². The normalized spacial score (nSPS) is 27.4. The molecule has 1 saturated carbocycles. The number of aromatic nitrogens is 1. The molecule has 3 nitrogen and oxygen atoms in total. The maximum Gasteiger partial charge on any atom is 0.307 e. The predicted octanol–water partition coefficient (Wildman–Crippen LogP) is 2.56. The highest BCUT2D eigenvalue weighted by Gasteiger charge is 2.63. The zero-order valence-electron chi connectivity index (χ0n) is 8.57. The Balaban J connectivity index is 2.36. The third-order valence-corrected chi connectivity index (χ3v) is 3.53. The van der Waals surface area contributed by atoms with Gasteiger partial charge in [-0.3, -0.25) is 4.79 Å². The van der Waals surface area contributed by atoms with Crippen LogP contribution in [0.1, 0.15) is 25.3 Å². The smallest absolute Gasteiger partial charge is 0.307 e. The Morgan fingerprint density at radius 3 is 2.73 bits per heavy atom. The molecule has 0 spiro atoms. The molecule has 0 saturated heterocycles. The molecule has 1 fully saturated rings. The maximum atomic E-state index is 11.0. The lowest BCUT2D eigenvalue weighted by molar-refractivity contribution is -0.139. The van der Waals surface area contributed by atoms with Crippen molar-refractivity contribution in [2.45, 2.75) is 19.8 Å². The van der Waals surface area contributed by atoms with Gasteiger partial charge in [0.15, 0.2) is 0 Å². The number of carboxylic acid groups (broad SMARTS) is 1. The van der Waals surface area contributed by atoms with Crippen LogP contribution in [-0.4, -0.2) is 16.1 Å². The van der Waals surface area contributed by atoms with Crippen molar-refractivity contribution in [1.82, 2.24) is 4.98 Å². The number of carbonyl (C=O) groups is 1. The van der Waals surface area contributed by atoms with Crippen LogP contribution in [0.2, 0.25) is 5.15 Å². The molecule has 1 aromatic heterocycles. The SMILES string of the molecule is CC1(C)[C@H](C(=O)O)[C@H]1c1cccnc1Cl. The fourth-order valence-corrected chi connectivity index (χ4v) is 2.55. The van der Waals surface area contributed by atoms with Crippen molar-refractivity contribution in [3.8, 4) is 0 Å². The fraction of sp³-hybridized carbons (Fsp3) is 0.455. The summed E-state index contributed by atoms with van der Waals surface area (Å²) < 4.78 is 0. The number of nitrogens with zero attached hydrogens (tertiary/aromatic N) is 1. The van der Waals surface area contributed by atoms with Crippen LogP contribution < -0.4 is 0 Å². The number of hydrogen-bond acceptors (Lipinski definition) is 2. The molecule has 0 unspecified atom stereocenters. The zero-order valence-corrected chi connectivity index (χ0v) is 9.32. The largest absolute Gasteiger partial charge is 0.481 e. The Morgan fingerprint density at radius 1 is 1.60 bits per heavy atom. The van der Waals surface area contributed by atoms with Crippen LogP contribution in [-0.2, 0) is 4.79 Å². The highest BCUT2D eigenvalue weighted by molar-refractivity contribution is 6.30. The quantitative estimate of drug-likeness (QED) is 0.787. The third kappa shape index (κ3) is 1.51. The second-order valence-electron chi connectivity index (χ2n) is 4.50. The van der Waals surface area contributed by atoms with E-state index >= 15 is 0 Å². The molecule has 4 heteroatoms.